The molecule has 11 aromatic rings. The molecule has 0 unspecified atom stereocenters. The van der Waals surface area contributed by atoms with Gasteiger partial charge in [0, 0.05) is 39.3 Å². The number of fused-ring (bicyclic) bond motifs is 9. The Morgan fingerprint density at radius 3 is 1.59 bits per heavy atom. The summed E-state index contributed by atoms with van der Waals surface area (Å²) >= 11 is 0. The Morgan fingerprint density at radius 2 is 0.815 bits per heavy atom. The zero-order valence-corrected chi connectivity index (χ0v) is 29.4. The topological polar surface area (TPSA) is 16.4 Å². The van der Waals surface area contributed by atoms with Gasteiger partial charge in [-0.25, -0.2) is 0 Å². The fourth-order valence-electron chi connectivity index (χ4n) is 8.34. The molecule has 2 nitrogen and oxygen atoms in total. The lowest BCUT2D eigenvalue weighted by molar-refractivity contribution is 0.672. The first-order valence-corrected chi connectivity index (χ1v) is 18.5. The van der Waals surface area contributed by atoms with E-state index in [1.54, 1.807) is 0 Å². The maximum Gasteiger partial charge on any atom is 0.143 e. The molecule has 2 heteroatoms. The van der Waals surface area contributed by atoms with Crippen molar-refractivity contribution in [3.8, 4) is 22.3 Å². The Labute approximate surface area is 312 Å². The van der Waals surface area contributed by atoms with Crippen molar-refractivity contribution in [2.45, 2.75) is 0 Å². The molecule has 0 aliphatic rings. The minimum Gasteiger partial charge on any atom is -0.455 e. The summed E-state index contributed by atoms with van der Waals surface area (Å²) in [5.74, 6) is 0. The molecule has 0 radical (unpaired) electrons. The highest BCUT2D eigenvalue weighted by atomic mass is 16.3. The third kappa shape index (κ3) is 4.96. The van der Waals surface area contributed by atoms with E-state index in [2.05, 4.69) is 205 Å². The number of nitrogens with zero attached hydrogens (tertiary/aromatic N) is 1. The highest BCUT2D eigenvalue weighted by molar-refractivity contribution is 6.15. The summed E-state index contributed by atoms with van der Waals surface area (Å²) < 4.78 is 6.66. The van der Waals surface area contributed by atoms with Crippen molar-refractivity contribution in [2.24, 2.45) is 0 Å². The van der Waals surface area contributed by atoms with E-state index in [-0.39, 0.29) is 0 Å². The summed E-state index contributed by atoms with van der Waals surface area (Å²) in [5, 5.41) is 12.1. The third-order valence-electron chi connectivity index (χ3n) is 11.0. The fraction of sp³-hybridized carbons (Fsp3) is 0. The van der Waals surface area contributed by atoms with Crippen LogP contribution in [-0.4, -0.2) is 0 Å². The monoisotopic (exact) mass is 687 g/mol. The van der Waals surface area contributed by atoms with Crippen LogP contribution in [0.2, 0.25) is 0 Å². The molecule has 0 fully saturated rings. The smallest absolute Gasteiger partial charge is 0.143 e. The van der Waals surface area contributed by atoms with Crippen LogP contribution in [0.1, 0.15) is 0 Å². The summed E-state index contributed by atoms with van der Waals surface area (Å²) in [4.78, 5) is 2.33. The van der Waals surface area contributed by atoms with Crippen molar-refractivity contribution in [3.63, 3.8) is 0 Å². The van der Waals surface area contributed by atoms with Crippen LogP contribution in [0.5, 0.6) is 0 Å². The molecule has 0 atom stereocenters. The molecule has 0 amide bonds. The van der Waals surface area contributed by atoms with Crippen LogP contribution in [-0.2, 0) is 0 Å². The van der Waals surface area contributed by atoms with E-state index in [0.29, 0.717) is 0 Å². The van der Waals surface area contributed by atoms with E-state index < -0.39 is 0 Å². The van der Waals surface area contributed by atoms with Crippen molar-refractivity contribution >= 4 is 82.1 Å². The summed E-state index contributed by atoms with van der Waals surface area (Å²) in [7, 11) is 0. The minimum absolute atomic E-state index is 0.872. The lowest BCUT2D eigenvalue weighted by Crippen LogP contribution is -2.09. The van der Waals surface area contributed by atoms with Crippen molar-refractivity contribution in [1.29, 1.82) is 0 Å². The maximum absolute atomic E-state index is 6.66. The molecule has 0 saturated carbocycles. The molecule has 0 saturated heterocycles. The SMILES string of the molecule is c1ccc2c(-c3ccc(N(c4ccc(-c5ccc6c(ccc7ccccc76)c5)cc4)c4ccc5c(c4)oc4c6ccccc6ccc54)cc3)cccc2c1. The zero-order chi connectivity index (χ0) is 35.6. The predicted octanol–water partition coefficient (Wildman–Crippen LogP) is 15.0. The van der Waals surface area contributed by atoms with Crippen molar-refractivity contribution in [1.82, 2.24) is 0 Å². The Bertz CT molecular complexity index is 3200. The molecular weight excluding hydrogens is 655 g/mol. The molecule has 1 aromatic heterocycles. The van der Waals surface area contributed by atoms with Crippen molar-refractivity contribution in [3.05, 3.63) is 200 Å². The van der Waals surface area contributed by atoms with E-state index in [4.69, 9.17) is 4.42 Å². The predicted molar refractivity (Wildman–Crippen MR) is 229 cm³/mol. The standard InChI is InChI=1S/C52H33NO/c1-4-12-44-35(8-1)11-7-15-46(44)38-20-26-42(27-21-38)53(43-28-31-49-50-30-22-37-10-3-6-14-48(37)52(50)54-51(49)33-43)41-24-18-34(19-25-41)39-23-29-47-40(32-39)17-16-36-9-2-5-13-45(36)47/h1-33H. The van der Waals surface area contributed by atoms with E-state index in [1.807, 2.05) is 0 Å². The van der Waals surface area contributed by atoms with Crippen LogP contribution < -0.4 is 4.90 Å². The second-order valence-corrected chi connectivity index (χ2v) is 14.1. The van der Waals surface area contributed by atoms with Gasteiger partial charge in [0.1, 0.15) is 11.2 Å². The van der Waals surface area contributed by atoms with Crippen LogP contribution in [0.4, 0.5) is 17.1 Å². The average molecular weight is 688 g/mol. The highest BCUT2D eigenvalue weighted by Crippen LogP contribution is 2.41. The van der Waals surface area contributed by atoms with Gasteiger partial charge in [0.25, 0.3) is 0 Å². The van der Waals surface area contributed by atoms with E-state index in [9.17, 15) is 0 Å². The van der Waals surface area contributed by atoms with Gasteiger partial charge in [-0.05, 0) is 108 Å². The van der Waals surface area contributed by atoms with Crippen molar-refractivity contribution in [2.75, 3.05) is 4.90 Å². The number of anilines is 3. The molecule has 11 rings (SSSR count). The molecule has 0 aliphatic carbocycles. The number of rotatable bonds is 5. The largest absolute Gasteiger partial charge is 0.455 e. The van der Waals surface area contributed by atoms with Crippen LogP contribution in [0.25, 0.3) is 87.3 Å². The number of benzene rings is 10. The second-order valence-electron chi connectivity index (χ2n) is 14.1. The normalized spacial score (nSPS) is 11.7. The molecule has 252 valence electrons. The molecule has 1 heterocycles. The third-order valence-corrected chi connectivity index (χ3v) is 11.0. The van der Waals surface area contributed by atoms with Crippen LogP contribution in [0.15, 0.2) is 205 Å². The van der Waals surface area contributed by atoms with E-state index in [1.165, 1.54) is 60.0 Å². The lowest BCUT2D eigenvalue weighted by Gasteiger charge is -2.26. The second kappa shape index (κ2) is 12.2. The quantitative estimate of drug-likeness (QED) is 0.168. The minimum atomic E-state index is 0.872. The van der Waals surface area contributed by atoms with Gasteiger partial charge in [-0.1, -0.05) is 146 Å². The van der Waals surface area contributed by atoms with E-state index >= 15 is 0 Å². The first kappa shape index (κ1) is 30.5. The summed E-state index contributed by atoms with van der Waals surface area (Å²) in [6.07, 6.45) is 0. The molecule has 0 N–H and O–H groups in total. The maximum atomic E-state index is 6.66. The van der Waals surface area contributed by atoms with Gasteiger partial charge in [-0.2, -0.15) is 0 Å². The molecule has 10 aromatic carbocycles. The van der Waals surface area contributed by atoms with Gasteiger partial charge >= 0.3 is 0 Å². The summed E-state index contributed by atoms with van der Waals surface area (Å²) in [6, 6.07) is 72.3. The first-order valence-electron chi connectivity index (χ1n) is 18.5. The molecule has 0 bridgehead atoms. The van der Waals surface area contributed by atoms with Gasteiger partial charge in [-0.15, -0.1) is 0 Å². The summed E-state index contributed by atoms with van der Waals surface area (Å²) in [5.41, 5.74) is 9.79. The van der Waals surface area contributed by atoms with Crippen LogP contribution >= 0.6 is 0 Å². The number of furan rings is 1. The Balaban J connectivity index is 1.02. The first-order chi connectivity index (χ1) is 26.7. The highest BCUT2D eigenvalue weighted by Gasteiger charge is 2.17. The van der Waals surface area contributed by atoms with Gasteiger partial charge in [0.15, 0.2) is 0 Å². The molecule has 54 heavy (non-hydrogen) atoms. The van der Waals surface area contributed by atoms with Gasteiger partial charge in [0.05, 0.1) is 0 Å². The van der Waals surface area contributed by atoms with Crippen molar-refractivity contribution < 1.29 is 4.42 Å². The Hall–Kier alpha value is -7.16. The number of hydrogen-bond acceptors (Lipinski definition) is 2. The van der Waals surface area contributed by atoms with Gasteiger partial charge < -0.3 is 9.32 Å². The molecule has 0 spiro atoms. The fourth-order valence-corrected chi connectivity index (χ4v) is 8.34. The Kier molecular flexibility index (Phi) is 6.90. The van der Waals surface area contributed by atoms with Crippen LogP contribution in [0, 0.1) is 0 Å². The number of hydrogen-bond donors (Lipinski definition) is 0. The lowest BCUT2D eigenvalue weighted by atomic mass is 9.97. The van der Waals surface area contributed by atoms with Gasteiger partial charge in [-0.3, -0.25) is 0 Å². The van der Waals surface area contributed by atoms with Gasteiger partial charge in [0.2, 0.25) is 0 Å². The van der Waals surface area contributed by atoms with E-state index in [0.717, 1.165) is 44.4 Å². The van der Waals surface area contributed by atoms with Crippen LogP contribution in [0.3, 0.4) is 0 Å². The zero-order valence-electron chi connectivity index (χ0n) is 29.4. The summed E-state index contributed by atoms with van der Waals surface area (Å²) in [6.45, 7) is 0. The molecular formula is C52H33NO. The Morgan fingerprint density at radius 1 is 0.296 bits per heavy atom. The molecule has 0 aliphatic heterocycles. The average Bonchev–Trinajstić information content (AvgIpc) is 3.62.